The van der Waals surface area contributed by atoms with Gasteiger partial charge in [0.05, 0.1) is 11.3 Å². The largest absolute Gasteiger partial charge is 0.317 e. The first-order chi connectivity index (χ1) is 8.22. The highest BCUT2D eigenvalue weighted by Gasteiger charge is 2.24. The van der Waals surface area contributed by atoms with Crippen LogP contribution in [0.15, 0.2) is 24.3 Å². The fourth-order valence-corrected chi connectivity index (χ4v) is 2.46. The van der Waals surface area contributed by atoms with E-state index < -0.39 is 0 Å². The lowest BCUT2D eigenvalue weighted by atomic mass is 10.00. The van der Waals surface area contributed by atoms with Gasteiger partial charge in [-0.1, -0.05) is 18.6 Å². The molecule has 17 heavy (non-hydrogen) atoms. The van der Waals surface area contributed by atoms with Crippen LogP contribution >= 0.6 is 0 Å². The Morgan fingerprint density at radius 3 is 2.53 bits per heavy atom. The average molecular weight is 229 g/mol. The van der Waals surface area contributed by atoms with Gasteiger partial charge in [0.1, 0.15) is 6.07 Å². The summed E-state index contributed by atoms with van der Waals surface area (Å²) >= 11 is 0. The van der Waals surface area contributed by atoms with E-state index in [1.54, 1.807) is 0 Å². The normalized spacial score (nSPS) is 25.2. The fraction of sp³-hybridized carbons (Fsp3) is 0.500. The van der Waals surface area contributed by atoms with Crippen LogP contribution < -0.4 is 5.43 Å². The summed E-state index contributed by atoms with van der Waals surface area (Å²) in [5.74, 6) is 0. The third-order valence-electron chi connectivity index (χ3n) is 3.49. The molecule has 1 aromatic carbocycles. The number of hydrogen-bond acceptors (Lipinski definition) is 3. The Labute approximate surface area is 103 Å². The van der Waals surface area contributed by atoms with Gasteiger partial charge in [0.2, 0.25) is 0 Å². The van der Waals surface area contributed by atoms with Crippen LogP contribution in [0.5, 0.6) is 0 Å². The summed E-state index contributed by atoms with van der Waals surface area (Å²) in [6, 6.07) is 10.9. The maximum absolute atomic E-state index is 9.07. The molecule has 0 radical (unpaired) electrons. The number of benzene rings is 1. The first-order valence-corrected chi connectivity index (χ1v) is 6.26. The number of nitrogens with one attached hydrogen (secondary N) is 1. The number of hydrogen-bond donors (Lipinski definition) is 1. The van der Waals surface area contributed by atoms with E-state index in [4.69, 9.17) is 5.26 Å². The van der Waals surface area contributed by atoms with E-state index in [0.29, 0.717) is 17.6 Å². The van der Waals surface area contributed by atoms with Crippen LogP contribution in [0.25, 0.3) is 0 Å². The minimum atomic E-state index is 0.519. The van der Waals surface area contributed by atoms with Crippen LogP contribution in [0.2, 0.25) is 0 Å². The molecule has 0 aliphatic carbocycles. The van der Waals surface area contributed by atoms with Gasteiger partial charge in [-0.05, 0) is 38.8 Å². The predicted octanol–water partition coefficient (Wildman–Crippen LogP) is 3.15. The van der Waals surface area contributed by atoms with Gasteiger partial charge in [0, 0.05) is 12.1 Å². The van der Waals surface area contributed by atoms with Crippen LogP contribution in [0.1, 0.15) is 38.7 Å². The molecule has 2 unspecified atom stereocenters. The highest BCUT2D eigenvalue weighted by atomic mass is 15.5. The summed E-state index contributed by atoms with van der Waals surface area (Å²) in [5, 5.41) is 11.3. The molecule has 0 aromatic heterocycles. The monoisotopic (exact) mass is 229 g/mol. The van der Waals surface area contributed by atoms with E-state index in [-0.39, 0.29) is 0 Å². The van der Waals surface area contributed by atoms with Crippen LogP contribution in [0.3, 0.4) is 0 Å². The highest BCUT2D eigenvalue weighted by Crippen LogP contribution is 2.24. The minimum absolute atomic E-state index is 0.519. The first kappa shape index (κ1) is 11.9. The number of nitriles is 1. The summed E-state index contributed by atoms with van der Waals surface area (Å²) in [5.41, 5.74) is 5.03. The molecule has 3 nitrogen and oxygen atoms in total. The Morgan fingerprint density at radius 1 is 1.24 bits per heavy atom. The summed E-state index contributed by atoms with van der Waals surface area (Å²) in [4.78, 5) is 0. The Hall–Kier alpha value is -1.53. The van der Waals surface area contributed by atoms with Crippen molar-refractivity contribution in [2.75, 3.05) is 5.43 Å². The third kappa shape index (κ3) is 2.59. The second-order valence-electron chi connectivity index (χ2n) is 4.81. The number of para-hydroxylation sites is 1. The molecule has 1 aliphatic heterocycles. The summed E-state index contributed by atoms with van der Waals surface area (Å²) < 4.78 is 0. The molecule has 0 bridgehead atoms. The molecule has 3 heteroatoms. The standard InChI is InChI=1S/C14H19N3/c1-11-6-5-7-12(2)17(11)16-14-9-4-3-8-13(14)10-15/h3-4,8-9,11-12,16H,5-7H2,1-2H3. The lowest BCUT2D eigenvalue weighted by molar-refractivity contribution is 0.135. The number of piperidine rings is 1. The van der Waals surface area contributed by atoms with Crippen LogP contribution in [0, 0.1) is 11.3 Å². The first-order valence-electron chi connectivity index (χ1n) is 6.26. The maximum Gasteiger partial charge on any atom is 0.101 e. The van der Waals surface area contributed by atoms with E-state index in [1.165, 1.54) is 19.3 Å². The molecular weight excluding hydrogens is 210 g/mol. The summed E-state index contributed by atoms with van der Waals surface area (Å²) in [6.45, 7) is 4.47. The molecule has 2 atom stereocenters. The van der Waals surface area contributed by atoms with Gasteiger partial charge in [-0.25, -0.2) is 5.01 Å². The average Bonchev–Trinajstić information content (AvgIpc) is 2.34. The summed E-state index contributed by atoms with van der Waals surface area (Å²) in [6.07, 6.45) is 3.72. The minimum Gasteiger partial charge on any atom is -0.317 e. The third-order valence-corrected chi connectivity index (χ3v) is 3.49. The smallest absolute Gasteiger partial charge is 0.101 e. The van der Waals surface area contributed by atoms with Crippen molar-refractivity contribution in [3.63, 3.8) is 0 Å². The van der Waals surface area contributed by atoms with Gasteiger partial charge in [0.15, 0.2) is 0 Å². The van der Waals surface area contributed by atoms with Crippen molar-refractivity contribution in [1.29, 1.82) is 5.26 Å². The number of hydrazine groups is 1. The molecule has 0 saturated carbocycles. The maximum atomic E-state index is 9.07. The van der Waals surface area contributed by atoms with Gasteiger partial charge in [-0.15, -0.1) is 0 Å². The molecule has 90 valence electrons. The topological polar surface area (TPSA) is 39.1 Å². The predicted molar refractivity (Wildman–Crippen MR) is 69.4 cm³/mol. The van der Waals surface area contributed by atoms with Crippen molar-refractivity contribution >= 4 is 5.69 Å². The molecule has 1 saturated heterocycles. The zero-order valence-corrected chi connectivity index (χ0v) is 10.5. The molecule has 0 spiro atoms. The fourth-order valence-electron chi connectivity index (χ4n) is 2.46. The van der Waals surface area contributed by atoms with Gasteiger partial charge in [-0.3, -0.25) is 0 Å². The zero-order valence-electron chi connectivity index (χ0n) is 10.5. The van der Waals surface area contributed by atoms with E-state index in [1.807, 2.05) is 24.3 Å². The SMILES string of the molecule is CC1CCCC(C)N1Nc1ccccc1C#N. The van der Waals surface area contributed by atoms with E-state index >= 15 is 0 Å². The molecule has 1 N–H and O–H groups in total. The van der Waals surface area contributed by atoms with Gasteiger partial charge in [-0.2, -0.15) is 5.26 Å². The Morgan fingerprint density at radius 2 is 1.88 bits per heavy atom. The Bertz CT molecular complexity index is 412. The van der Waals surface area contributed by atoms with Crippen molar-refractivity contribution in [2.45, 2.75) is 45.2 Å². The van der Waals surface area contributed by atoms with E-state index in [0.717, 1.165) is 5.69 Å². The molecule has 1 aromatic rings. The number of nitrogens with zero attached hydrogens (tertiary/aromatic N) is 2. The van der Waals surface area contributed by atoms with Gasteiger partial charge >= 0.3 is 0 Å². The van der Waals surface area contributed by atoms with Crippen molar-refractivity contribution in [3.8, 4) is 6.07 Å². The lowest BCUT2D eigenvalue weighted by Gasteiger charge is -2.39. The quantitative estimate of drug-likeness (QED) is 0.846. The summed E-state index contributed by atoms with van der Waals surface area (Å²) in [7, 11) is 0. The van der Waals surface area contributed by atoms with Crippen molar-refractivity contribution in [1.82, 2.24) is 5.01 Å². The second-order valence-corrected chi connectivity index (χ2v) is 4.81. The Balaban J connectivity index is 2.17. The van der Waals surface area contributed by atoms with Crippen molar-refractivity contribution in [3.05, 3.63) is 29.8 Å². The molecular formula is C14H19N3. The Kier molecular flexibility index (Phi) is 3.65. The zero-order chi connectivity index (χ0) is 12.3. The van der Waals surface area contributed by atoms with Crippen LogP contribution in [-0.4, -0.2) is 17.1 Å². The second kappa shape index (κ2) is 5.20. The molecule has 0 amide bonds. The van der Waals surface area contributed by atoms with Gasteiger partial charge in [0.25, 0.3) is 0 Å². The molecule has 1 heterocycles. The highest BCUT2D eigenvalue weighted by molar-refractivity contribution is 5.56. The van der Waals surface area contributed by atoms with Crippen molar-refractivity contribution < 1.29 is 0 Å². The van der Waals surface area contributed by atoms with Crippen LogP contribution in [0.4, 0.5) is 5.69 Å². The number of rotatable bonds is 2. The van der Waals surface area contributed by atoms with E-state index in [2.05, 4.69) is 30.4 Å². The van der Waals surface area contributed by atoms with E-state index in [9.17, 15) is 0 Å². The molecule has 1 aliphatic rings. The molecule has 1 fully saturated rings. The lowest BCUT2D eigenvalue weighted by Crippen LogP contribution is -2.47. The van der Waals surface area contributed by atoms with Gasteiger partial charge < -0.3 is 5.43 Å². The number of anilines is 1. The van der Waals surface area contributed by atoms with Crippen molar-refractivity contribution in [2.24, 2.45) is 0 Å². The van der Waals surface area contributed by atoms with Crippen LogP contribution in [-0.2, 0) is 0 Å². The molecule has 2 rings (SSSR count).